The van der Waals surface area contributed by atoms with Crippen molar-refractivity contribution < 1.29 is 10.2 Å². The van der Waals surface area contributed by atoms with Crippen molar-refractivity contribution in [1.29, 1.82) is 0 Å². The molecule has 0 radical (unpaired) electrons. The molecule has 3 heterocycles. The van der Waals surface area contributed by atoms with E-state index in [2.05, 4.69) is 69.1 Å². The van der Waals surface area contributed by atoms with Crippen molar-refractivity contribution in [3.05, 3.63) is 42.2 Å². The van der Waals surface area contributed by atoms with E-state index in [1.165, 1.54) is 11.1 Å². The third-order valence-corrected chi connectivity index (χ3v) is 8.36. The fourth-order valence-electron chi connectivity index (χ4n) is 5.84. The molecule has 3 N–H and O–H groups in total. The smallest absolute Gasteiger partial charge is 0.224 e. The van der Waals surface area contributed by atoms with Crippen molar-refractivity contribution in [3.8, 4) is 11.1 Å². The lowest BCUT2D eigenvalue weighted by molar-refractivity contribution is 0.111. The van der Waals surface area contributed by atoms with E-state index in [1.54, 1.807) is 0 Å². The van der Waals surface area contributed by atoms with E-state index in [4.69, 9.17) is 4.98 Å². The number of nitrogens with one attached hydrogen (secondary N) is 1. The van der Waals surface area contributed by atoms with Crippen molar-refractivity contribution in [2.24, 2.45) is 0 Å². The third-order valence-electron chi connectivity index (χ3n) is 8.36. The number of fused-ring (bicyclic) bond motifs is 1. The molecule has 1 aromatic carbocycles. The Labute approximate surface area is 226 Å². The topological polar surface area (TPSA) is 89.7 Å². The van der Waals surface area contributed by atoms with Crippen LogP contribution in [0.25, 0.3) is 22.2 Å². The van der Waals surface area contributed by atoms with Gasteiger partial charge >= 0.3 is 0 Å². The van der Waals surface area contributed by atoms with Crippen LogP contribution in [0.15, 0.2) is 36.7 Å². The summed E-state index contributed by atoms with van der Waals surface area (Å²) >= 11 is 0. The van der Waals surface area contributed by atoms with Gasteiger partial charge in [-0.25, -0.2) is 4.98 Å². The van der Waals surface area contributed by atoms with Crippen LogP contribution >= 0.6 is 0 Å². The molecule has 8 heteroatoms. The van der Waals surface area contributed by atoms with Crippen LogP contribution in [0, 0.1) is 0 Å². The normalized spacial score (nSPS) is 22.1. The van der Waals surface area contributed by atoms with E-state index in [0.29, 0.717) is 12.0 Å². The van der Waals surface area contributed by atoms with Gasteiger partial charge in [0.15, 0.2) is 0 Å². The molecule has 1 aliphatic carbocycles. The predicted molar refractivity (Wildman–Crippen MR) is 153 cm³/mol. The fraction of sp³-hybridized carbons (Fsp3) is 0.600. The van der Waals surface area contributed by atoms with E-state index in [9.17, 15) is 10.2 Å². The molecule has 1 aliphatic heterocycles. The first kappa shape index (κ1) is 27.1. The first-order chi connectivity index (χ1) is 18.5. The van der Waals surface area contributed by atoms with Crippen molar-refractivity contribution in [2.75, 3.05) is 45.2 Å². The minimum absolute atomic E-state index is 0.0482. The largest absolute Gasteiger partial charge is 0.394 e. The SMILES string of the molecule is CCCCC(CO)Nc1ncc2c(-c3ccc(CN4CCN(C)CC4)cc3)cn(C3CCC(O)CC3)c2n1. The Morgan fingerprint density at radius 1 is 1.05 bits per heavy atom. The lowest BCUT2D eigenvalue weighted by Gasteiger charge is -2.32. The Balaban J connectivity index is 1.42. The number of aliphatic hydroxyl groups is 2. The predicted octanol–water partition coefficient (Wildman–Crippen LogP) is 4.28. The number of aliphatic hydroxyl groups excluding tert-OH is 2. The van der Waals surface area contributed by atoms with Crippen molar-refractivity contribution in [1.82, 2.24) is 24.3 Å². The Morgan fingerprint density at radius 3 is 2.47 bits per heavy atom. The fourth-order valence-corrected chi connectivity index (χ4v) is 5.84. The van der Waals surface area contributed by atoms with Gasteiger partial charge in [0.2, 0.25) is 5.95 Å². The molecule has 38 heavy (non-hydrogen) atoms. The highest BCUT2D eigenvalue weighted by Gasteiger charge is 2.25. The summed E-state index contributed by atoms with van der Waals surface area (Å²) in [5, 5.41) is 24.3. The lowest BCUT2D eigenvalue weighted by Crippen LogP contribution is -2.43. The maximum Gasteiger partial charge on any atom is 0.224 e. The quantitative estimate of drug-likeness (QED) is 0.368. The Morgan fingerprint density at radius 2 is 1.79 bits per heavy atom. The molecule has 206 valence electrons. The summed E-state index contributed by atoms with van der Waals surface area (Å²) in [5.41, 5.74) is 4.58. The summed E-state index contributed by atoms with van der Waals surface area (Å²) in [6, 6.07) is 9.23. The Bertz CT molecular complexity index is 1160. The molecule has 1 saturated heterocycles. The van der Waals surface area contributed by atoms with Crippen molar-refractivity contribution >= 4 is 17.0 Å². The van der Waals surface area contributed by atoms with E-state index in [-0.39, 0.29) is 18.8 Å². The average Bonchev–Trinajstić information content (AvgIpc) is 3.32. The lowest BCUT2D eigenvalue weighted by atomic mass is 9.93. The number of nitrogens with zero attached hydrogens (tertiary/aromatic N) is 5. The zero-order chi connectivity index (χ0) is 26.5. The van der Waals surface area contributed by atoms with E-state index < -0.39 is 0 Å². The molecule has 0 bridgehead atoms. The van der Waals surface area contributed by atoms with Gasteiger partial charge in [-0.2, -0.15) is 4.98 Å². The van der Waals surface area contributed by atoms with Gasteiger partial charge in [-0.1, -0.05) is 44.0 Å². The van der Waals surface area contributed by atoms with Crippen LogP contribution in [0.2, 0.25) is 0 Å². The maximum absolute atomic E-state index is 10.1. The highest BCUT2D eigenvalue weighted by molar-refractivity contribution is 5.94. The summed E-state index contributed by atoms with van der Waals surface area (Å²) in [6.45, 7) is 7.70. The first-order valence-corrected chi connectivity index (χ1v) is 14.5. The minimum atomic E-state index is -0.198. The maximum atomic E-state index is 10.1. The molecule has 1 unspecified atom stereocenters. The number of aromatic nitrogens is 3. The highest BCUT2D eigenvalue weighted by atomic mass is 16.3. The number of hydrogen-bond donors (Lipinski definition) is 3. The van der Waals surface area contributed by atoms with E-state index in [0.717, 1.165) is 94.3 Å². The van der Waals surface area contributed by atoms with Gasteiger partial charge in [0.1, 0.15) is 5.65 Å². The summed E-state index contributed by atoms with van der Waals surface area (Å²) in [5.74, 6) is 0.567. The second-order valence-electron chi connectivity index (χ2n) is 11.3. The highest BCUT2D eigenvalue weighted by Crippen LogP contribution is 2.37. The Kier molecular flexibility index (Phi) is 8.94. The zero-order valence-electron chi connectivity index (χ0n) is 23.0. The van der Waals surface area contributed by atoms with Crippen LogP contribution in [-0.2, 0) is 6.54 Å². The van der Waals surface area contributed by atoms with Gasteiger partial charge in [-0.3, -0.25) is 4.90 Å². The van der Waals surface area contributed by atoms with Crippen LogP contribution in [0.5, 0.6) is 0 Å². The zero-order valence-corrected chi connectivity index (χ0v) is 23.0. The number of piperazine rings is 1. The van der Waals surface area contributed by atoms with Gasteiger partial charge in [-0.05, 0) is 50.3 Å². The van der Waals surface area contributed by atoms with Crippen LogP contribution in [0.3, 0.4) is 0 Å². The third kappa shape index (κ3) is 6.37. The monoisotopic (exact) mass is 520 g/mol. The summed E-state index contributed by atoms with van der Waals surface area (Å²) in [4.78, 5) is 14.6. The van der Waals surface area contributed by atoms with Crippen LogP contribution in [0.4, 0.5) is 5.95 Å². The number of benzene rings is 1. The van der Waals surface area contributed by atoms with Crippen LogP contribution in [-0.4, -0.2) is 86.5 Å². The van der Waals surface area contributed by atoms with E-state index >= 15 is 0 Å². The number of likely N-dealkylation sites (N-methyl/N-ethyl adjacent to an activating group) is 1. The molecule has 0 amide bonds. The summed E-state index contributed by atoms with van der Waals surface area (Å²) in [7, 11) is 2.19. The van der Waals surface area contributed by atoms with Gasteiger partial charge in [0.25, 0.3) is 0 Å². The molecule has 1 atom stereocenters. The van der Waals surface area contributed by atoms with Gasteiger partial charge in [-0.15, -0.1) is 0 Å². The van der Waals surface area contributed by atoms with Gasteiger partial charge < -0.3 is 25.0 Å². The molecule has 1 saturated carbocycles. The molecule has 2 aromatic heterocycles. The Hall–Kier alpha value is -2.52. The van der Waals surface area contributed by atoms with Crippen molar-refractivity contribution in [3.63, 3.8) is 0 Å². The van der Waals surface area contributed by atoms with Gasteiger partial charge in [0.05, 0.1) is 18.8 Å². The minimum Gasteiger partial charge on any atom is -0.394 e. The second-order valence-corrected chi connectivity index (χ2v) is 11.3. The molecule has 0 spiro atoms. The van der Waals surface area contributed by atoms with E-state index in [1.807, 2.05) is 6.20 Å². The standard InChI is InChI=1S/C30H44N6O2/c1-3-4-5-24(21-37)32-30-31-18-27-28(20-36(29(27)33-30)25-10-12-26(38)13-11-25)23-8-6-22(7-9-23)19-35-16-14-34(2)15-17-35/h6-9,18,20,24-26,37-38H,3-5,10-17,19,21H2,1-2H3,(H,31,32,33). The van der Waals surface area contributed by atoms with Crippen LogP contribution < -0.4 is 5.32 Å². The molecular formula is C30H44N6O2. The summed E-state index contributed by atoms with van der Waals surface area (Å²) in [6.07, 6.45) is 10.5. The second kappa shape index (κ2) is 12.6. The average molecular weight is 521 g/mol. The van der Waals surface area contributed by atoms with Gasteiger partial charge in [0, 0.05) is 62.1 Å². The number of rotatable bonds is 10. The van der Waals surface area contributed by atoms with Crippen LogP contribution in [0.1, 0.15) is 63.5 Å². The molecular weight excluding hydrogens is 476 g/mol. The van der Waals surface area contributed by atoms with Crippen molar-refractivity contribution in [2.45, 2.75) is 76.6 Å². The summed E-state index contributed by atoms with van der Waals surface area (Å²) < 4.78 is 2.31. The molecule has 8 nitrogen and oxygen atoms in total. The number of hydrogen-bond acceptors (Lipinski definition) is 7. The molecule has 5 rings (SSSR count). The number of unbranched alkanes of at least 4 members (excludes halogenated alkanes) is 1. The first-order valence-electron chi connectivity index (χ1n) is 14.5. The number of anilines is 1. The molecule has 2 fully saturated rings. The molecule has 3 aromatic rings. The molecule has 2 aliphatic rings.